The number of benzene rings is 2. The van der Waals surface area contributed by atoms with E-state index in [1.165, 1.54) is 17.8 Å². The highest BCUT2D eigenvalue weighted by atomic mass is 32.2. The van der Waals surface area contributed by atoms with E-state index in [1.54, 1.807) is 4.90 Å². The Kier molecular flexibility index (Phi) is 5.24. The minimum atomic E-state index is -0.215. The second-order valence-corrected chi connectivity index (χ2v) is 6.99. The molecule has 1 fully saturated rings. The minimum Gasteiger partial charge on any atom is -0.322 e. The summed E-state index contributed by atoms with van der Waals surface area (Å²) < 4.78 is 0. The number of thioether (sulfide) groups is 1. The number of amides is 2. The van der Waals surface area contributed by atoms with Crippen LogP contribution in [0.25, 0.3) is 0 Å². The molecular weight excluding hydrogens is 332 g/mol. The molecule has 128 valence electrons. The van der Waals surface area contributed by atoms with E-state index in [0.29, 0.717) is 17.3 Å². The van der Waals surface area contributed by atoms with Crippen molar-refractivity contribution in [1.29, 1.82) is 0 Å². The van der Waals surface area contributed by atoms with Crippen molar-refractivity contribution in [3.05, 3.63) is 76.3 Å². The van der Waals surface area contributed by atoms with Gasteiger partial charge in [-0.2, -0.15) is 0 Å². The Hall–Kier alpha value is -2.53. The lowest BCUT2D eigenvalue weighted by molar-refractivity contribution is -0.125. The first-order valence-corrected chi connectivity index (χ1v) is 9.09. The molecule has 2 aromatic rings. The molecule has 0 saturated carbocycles. The van der Waals surface area contributed by atoms with Gasteiger partial charge in [-0.3, -0.25) is 9.59 Å². The van der Waals surface area contributed by atoms with Crippen LogP contribution in [0, 0.1) is 13.8 Å². The standard InChI is InChI=1S/C20H20N2O2S/c1-14-7-6-8-15(2)20(14)21-17(23)11-19-22(18(24)13-25-19)12-16-9-4-3-5-10-16/h3-11H,12-13H2,1-2H3,(H,21,23)/b19-11-. The normalized spacial score (nSPS) is 15.7. The van der Waals surface area contributed by atoms with E-state index in [1.807, 2.05) is 62.4 Å². The maximum atomic E-state index is 12.4. The van der Waals surface area contributed by atoms with Crippen molar-refractivity contribution in [2.75, 3.05) is 11.1 Å². The Morgan fingerprint density at radius 1 is 1.12 bits per heavy atom. The number of anilines is 1. The Morgan fingerprint density at radius 2 is 1.80 bits per heavy atom. The third-order valence-corrected chi connectivity index (χ3v) is 5.10. The summed E-state index contributed by atoms with van der Waals surface area (Å²) in [6.45, 7) is 4.41. The maximum Gasteiger partial charge on any atom is 0.251 e. The molecule has 4 nitrogen and oxygen atoms in total. The largest absolute Gasteiger partial charge is 0.322 e. The van der Waals surface area contributed by atoms with Gasteiger partial charge >= 0.3 is 0 Å². The molecule has 0 spiro atoms. The molecule has 0 aromatic heterocycles. The van der Waals surface area contributed by atoms with E-state index < -0.39 is 0 Å². The molecule has 1 heterocycles. The van der Waals surface area contributed by atoms with Crippen LogP contribution >= 0.6 is 11.8 Å². The first-order chi connectivity index (χ1) is 12.0. The predicted octanol–water partition coefficient (Wildman–Crippen LogP) is 3.86. The summed E-state index contributed by atoms with van der Waals surface area (Å²) in [5.74, 6) is 0.183. The Balaban J connectivity index is 1.77. The minimum absolute atomic E-state index is 0.0278. The monoisotopic (exact) mass is 352 g/mol. The Labute approximate surface area is 151 Å². The molecule has 0 bridgehead atoms. The van der Waals surface area contributed by atoms with Gasteiger partial charge in [-0.25, -0.2) is 0 Å². The van der Waals surface area contributed by atoms with Crippen LogP contribution in [0.15, 0.2) is 59.6 Å². The van der Waals surface area contributed by atoms with Crippen molar-refractivity contribution < 1.29 is 9.59 Å². The number of para-hydroxylation sites is 1. The van der Waals surface area contributed by atoms with Gasteiger partial charge in [-0.1, -0.05) is 60.3 Å². The first-order valence-electron chi connectivity index (χ1n) is 8.10. The number of hydrogen-bond acceptors (Lipinski definition) is 3. The van der Waals surface area contributed by atoms with E-state index in [4.69, 9.17) is 0 Å². The highest BCUT2D eigenvalue weighted by Gasteiger charge is 2.27. The number of nitrogens with zero attached hydrogens (tertiary/aromatic N) is 1. The lowest BCUT2D eigenvalue weighted by Gasteiger charge is -2.17. The van der Waals surface area contributed by atoms with Crippen LogP contribution in [0.1, 0.15) is 16.7 Å². The van der Waals surface area contributed by atoms with Gasteiger partial charge in [-0.05, 0) is 30.5 Å². The summed E-state index contributed by atoms with van der Waals surface area (Å²) >= 11 is 1.40. The summed E-state index contributed by atoms with van der Waals surface area (Å²) in [5.41, 5.74) is 3.90. The van der Waals surface area contributed by atoms with Crippen molar-refractivity contribution in [1.82, 2.24) is 4.90 Å². The Morgan fingerprint density at radius 3 is 2.48 bits per heavy atom. The number of carbonyl (C=O) groups is 2. The summed E-state index contributed by atoms with van der Waals surface area (Å²) in [5, 5.41) is 3.63. The number of aryl methyl sites for hydroxylation is 2. The highest BCUT2D eigenvalue weighted by molar-refractivity contribution is 8.04. The van der Waals surface area contributed by atoms with E-state index >= 15 is 0 Å². The molecule has 0 unspecified atom stereocenters. The summed E-state index contributed by atoms with van der Waals surface area (Å²) in [6, 6.07) is 15.7. The second-order valence-electron chi connectivity index (χ2n) is 5.99. The molecule has 0 atom stereocenters. The van der Waals surface area contributed by atoms with E-state index in [9.17, 15) is 9.59 Å². The zero-order chi connectivity index (χ0) is 17.8. The van der Waals surface area contributed by atoms with Crippen molar-refractivity contribution in [2.45, 2.75) is 20.4 Å². The fraction of sp³-hybridized carbons (Fsp3) is 0.200. The van der Waals surface area contributed by atoms with Gasteiger partial charge in [0.05, 0.1) is 17.3 Å². The van der Waals surface area contributed by atoms with Crippen LogP contribution in [-0.2, 0) is 16.1 Å². The van der Waals surface area contributed by atoms with Gasteiger partial charge in [0.15, 0.2) is 0 Å². The van der Waals surface area contributed by atoms with Gasteiger partial charge in [0.25, 0.3) is 5.91 Å². The molecule has 2 amide bonds. The van der Waals surface area contributed by atoms with Gasteiger partial charge in [-0.15, -0.1) is 0 Å². The SMILES string of the molecule is Cc1cccc(C)c1NC(=O)/C=C1\SCC(=O)N1Cc1ccccc1. The smallest absolute Gasteiger partial charge is 0.251 e. The van der Waals surface area contributed by atoms with Crippen molar-refractivity contribution in [3.8, 4) is 0 Å². The number of rotatable bonds is 4. The summed E-state index contributed by atoms with van der Waals surface area (Å²) in [6.07, 6.45) is 1.52. The quantitative estimate of drug-likeness (QED) is 0.850. The third-order valence-electron chi connectivity index (χ3n) is 4.08. The molecule has 5 heteroatoms. The molecule has 3 rings (SSSR count). The molecule has 0 aliphatic carbocycles. The van der Waals surface area contributed by atoms with Crippen molar-refractivity contribution in [2.24, 2.45) is 0 Å². The fourth-order valence-electron chi connectivity index (χ4n) is 2.75. The van der Waals surface area contributed by atoms with E-state index in [-0.39, 0.29) is 11.8 Å². The van der Waals surface area contributed by atoms with Gasteiger partial charge in [0.2, 0.25) is 5.91 Å². The van der Waals surface area contributed by atoms with Gasteiger partial charge in [0, 0.05) is 11.8 Å². The molecular formula is C20H20N2O2S. The lowest BCUT2D eigenvalue weighted by atomic mass is 10.1. The van der Waals surface area contributed by atoms with Crippen LogP contribution in [-0.4, -0.2) is 22.5 Å². The van der Waals surface area contributed by atoms with E-state index in [2.05, 4.69) is 5.32 Å². The van der Waals surface area contributed by atoms with Gasteiger partial charge in [0.1, 0.15) is 0 Å². The predicted molar refractivity (Wildman–Crippen MR) is 102 cm³/mol. The molecule has 0 radical (unpaired) electrons. The second kappa shape index (κ2) is 7.57. The molecule has 2 aromatic carbocycles. The van der Waals surface area contributed by atoms with Gasteiger partial charge < -0.3 is 10.2 Å². The molecule has 1 aliphatic rings. The molecule has 1 aliphatic heterocycles. The zero-order valence-electron chi connectivity index (χ0n) is 14.3. The Bertz CT molecular complexity index is 811. The third kappa shape index (κ3) is 4.12. The van der Waals surface area contributed by atoms with Crippen LogP contribution in [0.3, 0.4) is 0 Å². The van der Waals surface area contributed by atoms with E-state index in [0.717, 1.165) is 22.4 Å². The first kappa shape index (κ1) is 17.3. The molecule has 1 saturated heterocycles. The summed E-state index contributed by atoms with van der Waals surface area (Å²) in [7, 11) is 0. The molecule has 25 heavy (non-hydrogen) atoms. The van der Waals surface area contributed by atoms with Crippen LogP contribution < -0.4 is 5.32 Å². The number of hydrogen-bond donors (Lipinski definition) is 1. The zero-order valence-corrected chi connectivity index (χ0v) is 15.1. The van der Waals surface area contributed by atoms with Crippen LogP contribution in [0.5, 0.6) is 0 Å². The van der Waals surface area contributed by atoms with Crippen LogP contribution in [0.4, 0.5) is 5.69 Å². The van der Waals surface area contributed by atoms with Crippen molar-refractivity contribution in [3.63, 3.8) is 0 Å². The average molecular weight is 352 g/mol. The number of carbonyl (C=O) groups excluding carboxylic acids is 2. The van der Waals surface area contributed by atoms with Crippen LogP contribution in [0.2, 0.25) is 0 Å². The fourth-order valence-corrected chi connectivity index (χ4v) is 3.69. The summed E-state index contributed by atoms with van der Waals surface area (Å²) in [4.78, 5) is 26.3. The maximum absolute atomic E-state index is 12.4. The average Bonchev–Trinajstić information content (AvgIpc) is 2.92. The van der Waals surface area contributed by atoms with Crippen molar-refractivity contribution >= 4 is 29.3 Å². The number of nitrogens with one attached hydrogen (secondary N) is 1. The highest BCUT2D eigenvalue weighted by Crippen LogP contribution is 2.30. The lowest BCUT2D eigenvalue weighted by Crippen LogP contribution is -2.25. The topological polar surface area (TPSA) is 49.4 Å². The molecule has 1 N–H and O–H groups in total.